The van der Waals surface area contributed by atoms with Gasteiger partial charge >= 0.3 is 0 Å². The third kappa shape index (κ3) is 6.41. The summed E-state index contributed by atoms with van der Waals surface area (Å²) < 4.78 is 30.2. The molecule has 0 spiro atoms. The highest BCUT2D eigenvalue weighted by Gasteiger charge is 2.21. The van der Waals surface area contributed by atoms with Gasteiger partial charge in [-0.05, 0) is 43.2 Å². The van der Waals surface area contributed by atoms with Crippen LogP contribution in [0.1, 0.15) is 18.1 Å². The number of hydrogen-bond donors (Lipinski definition) is 1. The zero-order chi connectivity index (χ0) is 22.3. The Morgan fingerprint density at radius 3 is 2.76 bits per heavy atom. The summed E-state index contributed by atoms with van der Waals surface area (Å²) in [6.07, 6.45) is 0.610. The van der Waals surface area contributed by atoms with Crippen LogP contribution in [0.15, 0.2) is 41.4 Å². The fourth-order valence-corrected chi connectivity index (χ4v) is 4.13. The SMILES string of the molecule is CCNC(=NCCc1cc(F)cc2c1OCOC2)N1CCN(c2cccc(OC)c2)CC1.I. The van der Waals surface area contributed by atoms with Crippen LogP contribution in [0.5, 0.6) is 11.5 Å². The van der Waals surface area contributed by atoms with Gasteiger partial charge in [-0.25, -0.2) is 4.39 Å². The minimum atomic E-state index is -0.266. The van der Waals surface area contributed by atoms with Gasteiger partial charge < -0.3 is 29.3 Å². The van der Waals surface area contributed by atoms with Gasteiger partial charge in [0.05, 0.1) is 13.7 Å². The molecule has 1 N–H and O–H groups in total. The largest absolute Gasteiger partial charge is 0.497 e. The molecule has 0 aromatic heterocycles. The Morgan fingerprint density at radius 1 is 1.18 bits per heavy atom. The lowest BCUT2D eigenvalue weighted by molar-refractivity contribution is -0.0172. The summed E-state index contributed by atoms with van der Waals surface area (Å²) in [5, 5.41) is 3.40. The standard InChI is InChI=1S/C24H31FN4O3.HI/c1-3-26-24(27-8-7-18-13-20(25)14-19-16-31-17-32-23(18)19)29-11-9-28(10-12-29)21-5-4-6-22(15-21)30-2;/h4-6,13-15H,3,7-12,16-17H2,1-2H3,(H,26,27);1H. The van der Waals surface area contributed by atoms with Crippen LogP contribution >= 0.6 is 24.0 Å². The van der Waals surface area contributed by atoms with Gasteiger partial charge in [-0.1, -0.05) is 6.07 Å². The Hall–Kier alpha value is -2.27. The Balaban J connectivity index is 0.00000306. The van der Waals surface area contributed by atoms with Crippen molar-refractivity contribution in [1.29, 1.82) is 0 Å². The Bertz CT molecular complexity index is 951. The van der Waals surface area contributed by atoms with E-state index in [0.29, 0.717) is 19.6 Å². The Labute approximate surface area is 211 Å². The third-order valence-electron chi connectivity index (χ3n) is 5.73. The van der Waals surface area contributed by atoms with Crippen molar-refractivity contribution in [2.24, 2.45) is 4.99 Å². The molecular weight excluding hydrogens is 538 g/mol. The molecule has 1 saturated heterocycles. The van der Waals surface area contributed by atoms with Crippen molar-refractivity contribution in [3.05, 3.63) is 53.3 Å². The molecule has 7 nitrogen and oxygen atoms in total. The van der Waals surface area contributed by atoms with Crippen LogP contribution in [0, 0.1) is 5.82 Å². The van der Waals surface area contributed by atoms with Gasteiger partial charge in [0.25, 0.3) is 0 Å². The molecule has 0 aliphatic carbocycles. The molecule has 2 heterocycles. The topological polar surface area (TPSA) is 58.6 Å². The molecule has 1 fully saturated rings. The highest BCUT2D eigenvalue weighted by Crippen LogP contribution is 2.29. The van der Waals surface area contributed by atoms with Crippen molar-refractivity contribution in [1.82, 2.24) is 10.2 Å². The van der Waals surface area contributed by atoms with Gasteiger partial charge in [0.1, 0.15) is 17.3 Å². The van der Waals surface area contributed by atoms with Crippen molar-refractivity contribution in [2.45, 2.75) is 20.0 Å². The van der Waals surface area contributed by atoms with Crippen LogP contribution < -0.4 is 19.7 Å². The summed E-state index contributed by atoms with van der Waals surface area (Å²) in [4.78, 5) is 9.47. The molecule has 0 bridgehead atoms. The number of ether oxygens (including phenoxy) is 3. The molecule has 9 heteroatoms. The first-order valence-corrected chi connectivity index (χ1v) is 11.1. The lowest BCUT2D eigenvalue weighted by Gasteiger charge is -2.37. The number of anilines is 1. The lowest BCUT2D eigenvalue weighted by Crippen LogP contribution is -2.52. The predicted molar refractivity (Wildman–Crippen MR) is 139 cm³/mol. The number of nitrogens with zero attached hydrogens (tertiary/aromatic N) is 3. The van der Waals surface area contributed by atoms with Gasteiger partial charge in [0.2, 0.25) is 0 Å². The van der Waals surface area contributed by atoms with Gasteiger partial charge in [-0.15, -0.1) is 24.0 Å². The predicted octanol–water partition coefficient (Wildman–Crippen LogP) is 3.65. The molecule has 180 valence electrons. The highest BCUT2D eigenvalue weighted by atomic mass is 127. The Morgan fingerprint density at radius 2 is 2.00 bits per heavy atom. The van der Waals surface area contributed by atoms with E-state index in [1.54, 1.807) is 13.2 Å². The summed E-state index contributed by atoms with van der Waals surface area (Å²) in [5.74, 6) is 2.24. The smallest absolute Gasteiger partial charge is 0.194 e. The average Bonchev–Trinajstić information content (AvgIpc) is 2.83. The number of halogens is 2. The van der Waals surface area contributed by atoms with Gasteiger partial charge in [-0.3, -0.25) is 4.99 Å². The maximum Gasteiger partial charge on any atom is 0.194 e. The number of guanidine groups is 1. The molecule has 0 unspecified atom stereocenters. The average molecular weight is 570 g/mol. The van der Waals surface area contributed by atoms with E-state index in [4.69, 9.17) is 19.2 Å². The summed E-state index contributed by atoms with van der Waals surface area (Å²) in [5.41, 5.74) is 2.77. The first kappa shape index (κ1) is 25.4. The van der Waals surface area contributed by atoms with Crippen LogP contribution in [-0.4, -0.2) is 64.0 Å². The van der Waals surface area contributed by atoms with Gasteiger partial charge in [0, 0.05) is 56.6 Å². The van der Waals surface area contributed by atoms with Crippen molar-refractivity contribution in [3.63, 3.8) is 0 Å². The summed E-state index contributed by atoms with van der Waals surface area (Å²) >= 11 is 0. The number of methoxy groups -OCH3 is 1. The van der Waals surface area contributed by atoms with Gasteiger partial charge in [0.15, 0.2) is 12.8 Å². The fraction of sp³-hybridized carbons (Fsp3) is 0.458. The molecule has 33 heavy (non-hydrogen) atoms. The van der Waals surface area contributed by atoms with E-state index in [0.717, 1.165) is 61.3 Å². The summed E-state index contributed by atoms with van der Waals surface area (Å²) in [7, 11) is 1.69. The number of nitrogens with one attached hydrogen (secondary N) is 1. The molecule has 2 aromatic carbocycles. The van der Waals surface area contributed by atoms with Crippen LogP contribution in [0.25, 0.3) is 0 Å². The van der Waals surface area contributed by atoms with E-state index < -0.39 is 0 Å². The second-order valence-electron chi connectivity index (χ2n) is 7.83. The lowest BCUT2D eigenvalue weighted by atomic mass is 10.1. The van der Waals surface area contributed by atoms with E-state index in [1.165, 1.54) is 11.8 Å². The van der Waals surface area contributed by atoms with E-state index in [1.807, 2.05) is 12.1 Å². The number of rotatable bonds is 6. The van der Waals surface area contributed by atoms with E-state index in [-0.39, 0.29) is 36.6 Å². The molecule has 0 radical (unpaired) electrons. The minimum absolute atomic E-state index is 0. The minimum Gasteiger partial charge on any atom is -0.497 e. The van der Waals surface area contributed by atoms with Crippen LogP contribution in [0.4, 0.5) is 10.1 Å². The van der Waals surface area contributed by atoms with Crippen LogP contribution in [0.3, 0.4) is 0 Å². The van der Waals surface area contributed by atoms with Crippen LogP contribution in [-0.2, 0) is 17.8 Å². The maximum atomic E-state index is 14.0. The van der Waals surface area contributed by atoms with E-state index >= 15 is 0 Å². The number of fused-ring (bicyclic) bond motifs is 1. The zero-order valence-electron chi connectivity index (χ0n) is 19.2. The molecule has 4 rings (SSSR count). The summed E-state index contributed by atoms with van der Waals surface area (Å²) in [6.45, 7) is 7.56. The first-order chi connectivity index (χ1) is 15.7. The maximum absolute atomic E-state index is 14.0. The van der Waals surface area contributed by atoms with Crippen molar-refractivity contribution < 1.29 is 18.6 Å². The second-order valence-corrected chi connectivity index (χ2v) is 7.83. The third-order valence-corrected chi connectivity index (χ3v) is 5.73. The Kier molecular flexibility index (Phi) is 9.42. The first-order valence-electron chi connectivity index (χ1n) is 11.1. The number of piperazine rings is 1. The number of aliphatic imine (C=N–C) groups is 1. The second kappa shape index (κ2) is 12.3. The van der Waals surface area contributed by atoms with Crippen LogP contribution in [0.2, 0.25) is 0 Å². The quantitative estimate of drug-likeness (QED) is 0.325. The zero-order valence-corrected chi connectivity index (χ0v) is 21.5. The normalized spacial score (nSPS) is 15.9. The fourth-order valence-electron chi connectivity index (χ4n) is 4.13. The number of benzene rings is 2. The molecule has 0 atom stereocenters. The molecule has 2 aromatic rings. The van der Waals surface area contributed by atoms with Gasteiger partial charge in [-0.2, -0.15) is 0 Å². The van der Waals surface area contributed by atoms with E-state index in [2.05, 4.69) is 34.2 Å². The molecule has 0 saturated carbocycles. The molecule has 2 aliphatic heterocycles. The molecule has 2 aliphatic rings. The molecular formula is C24H32FIN4O3. The van der Waals surface area contributed by atoms with Crippen molar-refractivity contribution in [2.75, 3.05) is 58.1 Å². The number of hydrogen-bond acceptors (Lipinski definition) is 5. The van der Waals surface area contributed by atoms with Crippen molar-refractivity contribution in [3.8, 4) is 11.5 Å². The van der Waals surface area contributed by atoms with E-state index in [9.17, 15) is 4.39 Å². The highest BCUT2D eigenvalue weighted by molar-refractivity contribution is 14.0. The monoisotopic (exact) mass is 570 g/mol. The summed E-state index contributed by atoms with van der Waals surface area (Å²) in [6, 6.07) is 11.2. The van der Waals surface area contributed by atoms with Crippen molar-refractivity contribution >= 4 is 35.6 Å². The molecule has 0 amide bonds.